The summed E-state index contributed by atoms with van der Waals surface area (Å²) < 4.78 is 10.8. The molecule has 3 rings (SSSR count). The van der Waals surface area contributed by atoms with Crippen LogP contribution in [0.25, 0.3) is 0 Å². The molecule has 7 nitrogen and oxygen atoms in total. The minimum atomic E-state index is -0.918. The molecule has 0 heterocycles. The van der Waals surface area contributed by atoms with Gasteiger partial charge in [-0.1, -0.05) is 44.2 Å². The van der Waals surface area contributed by atoms with Crippen LogP contribution in [0.3, 0.4) is 0 Å². The van der Waals surface area contributed by atoms with Gasteiger partial charge in [0.05, 0.1) is 18.6 Å². The number of benzene rings is 1. The number of amides is 1. The SMILES string of the molecule is CCOC(=O)NCC1(CC(=O)Oc2cccc([C@@]3(O)CCCC[C@@H]3CN(C)C)c2)CCCCC1. The van der Waals surface area contributed by atoms with Crippen molar-refractivity contribution in [1.82, 2.24) is 10.2 Å². The van der Waals surface area contributed by atoms with E-state index >= 15 is 0 Å². The van der Waals surface area contributed by atoms with Crippen molar-refractivity contribution >= 4 is 12.1 Å². The first-order valence-corrected chi connectivity index (χ1v) is 12.9. The highest BCUT2D eigenvalue weighted by molar-refractivity contribution is 5.73. The van der Waals surface area contributed by atoms with Crippen molar-refractivity contribution in [1.29, 1.82) is 0 Å². The maximum atomic E-state index is 13.0. The average Bonchev–Trinajstić information content (AvgIpc) is 2.80. The Morgan fingerprint density at radius 1 is 1.12 bits per heavy atom. The maximum absolute atomic E-state index is 13.0. The van der Waals surface area contributed by atoms with Crippen molar-refractivity contribution < 1.29 is 24.2 Å². The molecule has 0 spiro atoms. The van der Waals surface area contributed by atoms with Crippen molar-refractivity contribution in [2.24, 2.45) is 11.3 Å². The summed E-state index contributed by atoms with van der Waals surface area (Å²) in [5.74, 6) is 0.307. The zero-order valence-corrected chi connectivity index (χ0v) is 21.1. The molecule has 34 heavy (non-hydrogen) atoms. The maximum Gasteiger partial charge on any atom is 0.407 e. The van der Waals surface area contributed by atoms with Gasteiger partial charge < -0.3 is 24.8 Å². The van der Waals surface area contributed by atoms with Gasteiger partial charge in [0.1, 0.15) is 5.75 Å². The van der Waals surface area contributed by atoms with E-state index in [9.17, 15) is 14.7 Å². The van der Waals surface area contributed by atoms with E-state index in [1.807, 2.05) is 32.3 Å². The van der Waals surface area contributed by atoms with Crippen molar-refractivity contribution in [2.45, 2.75) is 76.7 Å². The van der Waals surface area contributed by atoms with Crippen LogP contribution in [0.15, 0.2) is 24.3 Å². The third kappa shape index (κ3) is 6.95. The summed E-state index contributed by atoms with van der Waals surface area (Å²) in [6.07, 6.45) is 8.57. The first-order valence-electron chi connectivity index (χ1n) is 12.9. The average molecular weight is 475 g/mol. The van der Waals surface area contributed by atoms with Gasteiger partial charge in [0.25, 0.3) is 0 Å². The summed E-state index contributed by atoms with van der Waals surface area (Å²) >= 11 is 0. The molecular formula is C27H42N2O5. The minimum Gasteiger partial charge on any atom is -0.450 e. The quantitative estimate of drug-likeness (QED) is 0.401. The van der Waals surface area contributed by atoms with Gasteiger partial charge in [0, 0.05) is 19.0 Å². The minimum absolute atomic E-state index is 0.140. The lowest BCUT2D eigenvalue weighted by Crippen LogP contribution is -2.43. The Bertz CT molecular complexity index is 821. The lowest BCUT2D eigenvalue weighted by molar-refractivity contribution is -0.137. The van der Waals surface area contributed by atoms with Gasteiger partial charge in [0.2, 0.25) is 0 Å². The van der Waals surface area contributed by atoms with E-state index in [-0.39, 0.29) is 23.7 Å². The number of aliphatic hydroxyl groups is 1. The summed E-state index contributed by atoms with van der Waals surface area (Å²) in [6.45, 7) is 3.32. The molecule has 0 saturated heterocycles. The Morgan fingerprint density at radius 2 is 1.85 bits per heavy atom. The third-order valence-corrected chi connectivity index (χ3v) is 7.50. The number of carbonyl (C=O) groups excluding carboxylic acids is 2. The van der Waals surface area contributed by atoms with Crippen molar-refractivity contribution in [3.8, 4) is 5.75 Å². The van der Waals surface area contributed by atoms with Crippen LogP contribution in [0, 0.1) is 11.3 Å². The molecule has 0 aromatic heterocycles. The molecule has 190 valence electrons. The summed E-state index contributed by atoms with van der Waals surface area (Å²) in [4.78, 5) is 27.0. The number of carbonyl (C=O) groups is 2. The third-order valence-electron chi connectivity index (χ3n) is 7.50. The van der Waals surface area contributed by atoms with Gasteiger partial charge in [-0.2, -0.15) is 0 Å². The molecule has 1 aromatic rings. The molecule has 2 N–H and O–H groups in total. The highest BCUT2D eigenvalue weighted by Gasteiger charge is 2.41. The predicted molar refractivity (Wildman–Crippen MR) is 132 cm³/mol. The molecule has 2 fully saturated rings. The Hall–Kier alpha value is -2.12. The van der Waals surface area contributed by atoms with Crippen molar-refractivity contribution in [3.63, 3.8) is 0 Å². The highest BCUT2D eigenvalue weighted by Crippen LogP contribution is 2.43. The first-order chi connectivity index (χ1) is 16.3. The Balaban J connectivity index is 1.69. The number of esters is 1. The topological polar surface area (TPSA) is 88.1 Å². The number of hydrogen-bond donors (Lipinski definition) is 2. The van der Waals surface area contributed by atoms with Gasteiger partial charge in [-0.25, -0.2) is 4.79 Å². The van der Waals surface area contributed by atoms with Crippen LogP contribution in [0.5, 0.6) is 5.75 Å². The molecule has 7 heteroatoms. The molecule has 2 atom stereocenters. The van der Waals surface area contributed by atoms with Gasteiger partial charge in [-0.05, 0) is 69.8 Å². The second kappa shape index (κ2) is 12.0. The molecule has 0 bridgehead atoms. The number of nitrogens with one attached hydrogen (secondary N) is 1. The van der Waals surface area contributed by atoms with E-state index in [1.165, 1.54) is 0 Å². The van der Waals surface area contributed by atoms with Gasteiger partial charge in [-0.3, -0.25) is 4.79 Å². The fourth-order valence-corrected chi connectivity index (χ4v) is 5.75. The monoisotopic (exact) mass is 474 g/mol. The first kappa shape index (κ1) is 26.5. The molecule has 0 aliphatic heterocycles. The summed E-state index contributed by atoms with van der Waals surface area (Å²) in [5.41, 5.74) is -0.405. The van der Waals surface area contributed by atoms with Gasteiger partial charge in [-0.15, -0.1) is 0 Å². The lowest BCUT2D eigenvalue weighted by Gasteiger charge is -2.41. The highest BCUT2D eigenvalue weighted by atomic mass is 16.5. The van der Waals surface area contributed by atoms with Gasteiger partial charge in [0.15, 0.2) is 0 Å². The van der Waals surface area contributed by atoms with Crippen molar-refractivity contribution in [3.05, 3.63) is 29.8 Å². The number of rotatable bonds is 9. The Kier molecular flexibility index (Phi) is 9.37. The van der Waals surface area contributed by atoms with Crippen molar-refractivity contribution in [2.75, 3.05) is 33.8 Å². The molecule has 1 aromatic carbocycles. The summed E-state index contributed by atoms with van der Waals surface area (Å²) in [5, 5.41) is 14.5. The van der Waals surface area contributed by atoms with Crippen LogP contribution in [0.2, 0.25) is 0 Å². The van der Waals surface area contributed by atoms with Crippen LogP contribution in [0.4, 0.5) is 4.79 Å². The zero-order chi connectivity index (χ0) is 24.6. The van der Waals surface area contributed by atoms with Crippen LogP contribution in [-0.4, -0.2) is 55.9 Å². The molecule has 0 unspecified atom stereocenters. The van der Waals surface area contributed by atoms with Gasteiger partial charge >= 0.3 is 12.1 Å². The van der Waals surface area contributed by atoms with E-state index < -0.39 is 11.7 Å². The molecule has 0 radical (unpaired) electrons. The van der Waals surface area contributed by atoms with E-state index in [0.29, 0.717) is 25.3 Å². The molecule has 2 saturated carbocycles. The second-order valence-electron chi connectivity index (χ2n) is 10.4. The lowest BCUT2D eigenvalue weighted by atomic mass is 9.71. The van der Waals surface area contributed by atoms with Crippen LogP contribution in [-0.2, 0) is 15.1 Å². The number of hydrogen-bond acceptors (Lipinski definition) is 6. The Morgan fingerprint density at radius 3 is 2.56 bits per heavy atom. The summed E-state index contributed by atoms with van der Waals surface area (Å²) in [6, 6.07) is 7.41. The molecule has 1 amide bonds. The van der Waals surface area contributed by atoms with E-state index in [1.54, 1.807) is 13.0 Å². The number of alkyl carbamates (subject to hydrolysis) is 1. The smallest absolute Gasteiger partial charge is 0.407 e. The van der Waals surface area contributed by atoms with Crippen LogP contribution >= 0.6 is 0 Å². The largest absolute Gasteiger partial charge is 0.450 e. The number of ether oxygens (including phenoxy) is 2. The standard InChI is InChI=1S/C27H42N2O5/c1-4-33-25(31)28-20-26(14-7-5-8-15-26)18-24(30)34-23-13-10-12-21(17-23)27(32)16-9-6-11-22(27)19-29(2)3/h10,12-13,17,22,32H,4-9,11,14-16,18-20H2,1-3H3,(H,28,31)/t22-,27+/m1/s1. The van der Waals surface area contributed by atoms with Crippen LogP contribution < -0.4 is 10.1 Å². The predicted octanol–water partition coefficient (Wildman–Crippen LogP) is 4.62. The van der Waals surface area contributed by atoms with E-state index in [2.05, 4.69) is 10.2 Å². The normalized spacial score (nSPS) is 24.4. The molecule has 2 aliphatic carbocycles. The van der Waals surface area contributed by atoms with Crippen LogP contribution in [0.1, 0.15) is 76.7 Å². The Labute approximate surface area is 204 Å². The fourth-order valence-electron chi connectivity index (χ4n) is 5.75. The van der Waals surface area contributed by atoms with E-state index in [4.69, 9.17) is 9.47 Å². The zero-order valence-electron chi connectivity index (χ0n) is 21.1. The fraction of sp³-hybridized carbons (Fsp3) is 0.704. The number of nitrogens with zero attached hydrogens (tertiary/aromatic N) is 1. The summed E-state index contributed by atoms with van der Waals surface area (Å²) in [7, 11) is 4.07. The second-order valence-corrected chi connectivity index (χ2v) is 10.4. The molecular weight excluding hydrogens is 432 g/mol. The molecule has 2 aliphatic rings. The van der Waals surface area contributed by atoms with E-state index in [0.717, 1.165) is 63.5 Å².